The van der Waals surface area contributed by atoms with Crippen LogP contribution in [0.15, 0.2) is 90.1 Å². The highest BCUT2D eigenvalue weighted by atomic mass is 16.3. The lowest BCUT2D eigenvalue weighted by molar-refractivity contribution is 0.100. The van der Waals surface area contributed by atoms with Crippen molar-refractivity contribution in [3.05, 3.63) is 101 Å². The molecule has 1 aromatic heterocycles. The van der Waals surface area contributed by atoms with Crippen molar-refractivity contribution < 1.29 is 4.79 Å². The molecule has 6 nitrogen and oxygen atoms in total. The summed E-state index contributed by atoms with van der Waals surface area (Å²) >= 11 is 0. The molecule has 1 amide bonds. The Balaban J connectivity index is 1.60. The number of aryl methyl sites for hydroxylation is 1. The van der Waals surface area contributed by atoms with Gasteiger partial charge in [-0.05, 0) is 42.3 Å². The fraction of sp³-hybridized carbons (Fsp3) is 0.138. The first-order valence-electron chi connectivity index (χ1n) is 11.7. The van der Waals surface area contributed by atoms with E-state index in [0.29, 0.717) is 17.7 Å². The van der Waals surface area contributed by atoms with E-state index in [4.69, 9.17) is 0 Å². The molecule has 0 unspecified atom stereocenters. The van der Waals surface area contributed by atoms with E-state index >= 15 is 0 Å². The molecule has 0 radical (unpaired) electrons. The van der Waals surface area contributed by atoms with Crippen LogP contribution in [-0.4, -0.2) is 30.6 Å². The summed E-state index contributed by atoms with van der Waals surface area (Å²) in [5.41, 5.74) is 6.82. The molecule has 0 bridgehead atoms. The van der Waals surface area contributed by atoms with Crippen molar-refractivity contribution in [2.45, 2.75) is 6.92 Å². The van der Waals surface area contributed by atoms with Crippen LogP contribution >= 0.6 is 0 Å². The number of nitrogens with one attached hydrogen (secondary N) is 1. The van der Waals surface area contributed by atoms with Gasteiger partial charge < -0.3 is 14.8 Å². The van der Waals surface area contributed by atoms with Gasteiger partial charge in [-0.1, -0.05) is 60.7 Å². The Morgan fingerprint density at radius 2 is 1.63 bits per heavy atom. The number of amides is 1. The number of rotatable bonds is 4. The lowest BCUT2D eigenvalue weighted by Gasteiger charge is -2.25. The molecule has 2 heterocycles. The molecule has 1 saturated heterocycles. The van der Waals surface area contributed by atoms with E-state index in [1.165, 1.54) is 11.3 Å². The first kappa shape index (κ1) is 21.1. The van der Waals surface area contributed by atoms with E-state index in [9.17, 15) is 9.70 Å². The summed E-state index contributed by atoms with van der Waals surface area (Å²) in [6.07, 6.45) is 0. The molecule has 35 heavy (non-hydrogen) atoms. The predicted octanol–water partition coefficient (Wildman–Crippen LogP) is 6.49. The number of anilines is 2. The number of hydrogen-bond donors (Lipinski definition) is 1. The zero-order chi connectivity index (χ0) is 23.9. The maximum atomic E-state index is 13.1. The van der Waals surface area contributed by atoms with E-state index in [1.54, 1.807) is 0 Å². The third kappa shape index (κ3) is 3.54. The van der Waals surface area contributed by atoms with Gasteiger partial charge in [0.15, 0.2) is 0 Å². The van der Waals surface area contributed by atoms with E-state index < -0.39 is 5.91 Å². The molecule has 1 N–H and O–H groups in total. The molecule has 1 aliphatic heterocycles. The van der Waals surface area contributed by atoms with Crippen LogP contribution in [0.5, 0.6) is 0 Å². The summed E-state index contributed by atoms with van der Waals surface area (Å²) in [4.78, 5) is 32.7. The Bertz CT molecular complexity index is 1590. The predicted molar refractivity (Wildman–Crippen MR) is 142 cm³/mol. The summed E-state index contributed by atoms with van der Waals surface area (Å²) < 4.78 is 0. The highest BCUT2D eigenvalue weighted by Crippen LogP contribution is 2.42. The number of benzene rings is 4. The number of H-pyrrole nitrogens is 1. The third-order valence-electron chi connectivity index (χ3n) is 6.83. The van der Waals surface area contributed by atoms with E-state index in [1.807, 2.05) is 54.6 Å². The molecular weight excluding hydrogens is 436 g/mol. The largest absolute Gasteiger partial charge is 0.354 e. The van der Waals surface area contributed by atoms with Gasteiger partial charge in [-0.25, -0.2) is 0 Å². The van der Waals surface area contributed by atoms with Crippen molar-refractivity contribution in [1.82, 2.24) is 4.98 Å². The van der Waals surface area contributed by atoms with Gasteiger partial charge in [0.2, 0.25) is 0 Å². The van der Waals surface area contributed by atoms with Gasteiger partial charge >= 0.3 is 5.91 Å². The standard InChI is InChI=1S/C29H24N4O2/c1-19-8-7-11-21(16-19)32-14-15-33(18-32)25-17-23-22-12-5-6-13-24(22)30-28(23)27(29(34)31-35)26(25)20-9-3-2-4-10-20/h2-13,16-17,30H,14-15,18H2,1H3. The highest BCUT2D eigenvalue weighted by Gasteiger charge is 2.29. The number of fused-ring (bicyclic) bond motifs is 3. The van der Waals surface area contributed by atoms with E-state index in [0.717, 1.165) is 46.2 Å². The molecular formula is C29H24N4O2. The van der Waals surface area contributed by atoms with Crippen LogP contribution in [0, 0.1) is 11.8 Å². The third-order valence-corrected chi connectivity index (χ3v) is 6.83. The molecule has 0 atom stereocenters. The Morgan fingerprint density at radius 3 is 2.43 bits per heavy atom. The first-order valence-corrected chi connectivity index (χ1v) is 11.7. The number of nitroso groups, excluding NO2 is 1. The van der Waals surface area contributed by atoms with Crippen molar-refractivity contribution in [3.8, 4) is 11.1 Å². The van der Waals surface area contributed by atoms with Gasteiger partial charge in [-0.2, -0.15) is 0 Å². The average molecular weight is 461 g/mol. The van der Waals surface area contributed by atoms with Gasteiger partial charge in [-0.3, -0.25) is 4.79 Å². The number of aromatic amines is 1. The topological polar surface area (TPSA) is 68.8 Å². The van der Waals surface area contributed by atoms with Crippen LogP contribution in [0.2, 0.25) is 0 Å². The van der Waals surface area contributed by atoms with Crippen molar-refractivity contribution in [2.75, 3.05) is 29.6 Å². The van der Waals surface area contributed by atoms with Gasteiger partial charge in [0.1, 0.15) is 0 Å². The van der Waals surface area contributed by atoms with Crippen molar-refractivity contribution in [2.24, 2.45) is 5.18 Å². The zero-order valence-electron chi connectivity index (χ0n) is 19.4. The molecule has 1 fully saturated rings. The molecule has 0 saturated carbocycles. The van der Waals surface area contributed by atoms with Crippen LogP contribution in [0.1, 0.15) is 15.9 Å². The van der Waals surface area contributed by atoms with Crippen LogP contribution in [0.3, 0.4) is 0 Å². The lowest BCUT2D eigenvalue weighted by atomic mass is 9.93. The Hall–Kier alpha value is -4.45. The fourth-order valence-electron chi connectivity index (χ4n) is 5.20. The Labute approximate surface area is 202 Å². The van der Waals surface area contributed by atoms with Crippen LogP contribution in [0.4, 0.5) is 11.4 Å². The molecule has 4 aromatic carbocycles. The number of nitrogens with zero attached hydrogens (tertiary/aromatic N) is 3. The van der Waals surface area contributed by atoms with Crippen molar-refractivity contribution >= 4 is 39.1 Å². The summed E-state index contributed by atoms with van der Waals surface area (Å²) in [6.45, 7) is 4.43. The molecule has 172 valence electrons. The number of para-hydroxylation sites is 1. The Morgan fingerprint density at radius 1 is 0.857 bits per heavy atom. The van der Waals surface area contributed by atoms with Gasteiger partial charge in [0, 0.05) is 51.5 Å². The number of hydrogen-bond acceptors (Lipinski definition) is 4. The molecule has 0 spiro atoms. The van der Waals surface area contributed by atoms with Crippen LogP contribution in [0.25, 0.3) is 32.9 Å². The van der Waals surface area contributed by atoms with E-state index in [2.05, 4.69) is 57.2 Å². The zero-order valence-corrected chi connectivity index (χ0v) is 19.4. The Kier molecular flexibility index (Phi) is 5.07. The summed E-state index contributed by atoms with van der Waals surface area (Å²) in [5.74, 6) is -0.767. The molecule has 1 aliphatic rings. The minimum Gasteiger partial charge on any atom is -0.354 e. The van der Waals surface area contributed by atoms with Crippen molar-refractivity contribution in [3.63, 3.8) is 0 Å². The molecule has 6 rings (SSSR count). The normalized spacial score (nSPS) is 13.6. The maximum Gasteiger partial charge on any atom is 0.319 e. The average Bonchev–Trinajstić information content (AvgIpc) is 3.53. The highest BCUT2D eigenvalue weighted by molar-refractivity contribution is 6.20. The minimum atomic E-state index is -0.767. The van der Waals surface area contributed by atoms with Crippen molar-refractivity contribution in [1.29, 1.82) is 0 Å². The van der Waals surface area contributed by atoms with Crippen LogP contribution in [-0.2, 0) is 0 Å². The number of carbonyl (C=O) groups is 1. The van der Waals surface area contributed by atoms with Crippen LogP contribution < -0.4 is 9.80 Å². The second-order valence-corrected chi connectivity index (χ2v) is 9.01. The lowest BCUT2D eigenvalue weighted by Crippen LogP contribution is -2.25. The van der Waals surface area contributed by atoms with Gasteiger partial charge in [0.05, 0.1) is 17.7 Å². The quantitative estimate of drug-likeness (QED) is 0.311. The molecule has 6 heteroatoms. The van der Waals surface area contributed by atoms with Gasteiger partial charge in [-0.15, -0.1) is 4.91 Å². The summed E-state index contributed by atoms with van der Waals surface area (Å²) in [6, 6.07) is 28.4. The number of carbonyl (C=O) groups excluding carboxylic acids is 1. The maximum absolute atomic E-state index is 13.1. The first-order chi connectivity index (χ1) is 17.1. The SMILES string of the molecule is Cc1cccc(N2CCN(c3cc4c([nH]c5ccccc54)c(C(=O)N=O)c3-c3ccccc3)C2)c1. The monoisotopic (exact) mass is 460 g/mol. The molecule has 0 aliphatic carbocycles. The second kappa shape index (κ2) is 8.40. The fourth-order valence-corrected chi connectivity index (χ4v) is 5.20. The minimum absolute atomic E-state index is 0.323. The summed E-state index contributed by atoms with van der Waals surface area (Å²) in [5, 5.41) is 4.79. The molecule has 5 aromatic rings. The van der Waals surface area contributed by atoms with E-state index in [-0.39, 0.29) is 0 Å². The smallest absolute Gasteiger partial charge is 0.319 e. The second-order valence-electron chi connectivity index (χ2n) is 9.01. The number of aromatic nitrogens is 1. The van der Waals surface area contributed by atoms with Gasteiger partial charge in [0.25, 0.3) is 0 Å². The summed E-state index contributed by atoms with van der Waals surface area (Å²) in [7, 11) is 0.